The van der Waals surface area contributed by atoms with Crippen molar-refractivity contribution in [3.63, 3.8) is 0 Å². The lowest BCUT2D eigenvalue weighted by molar-refractivity contribution is -0.0508. The molecule has 2 N–H and O–H groups in total. The Morgan fingerprint density at radius 3 is 2.56 bits per heavy atom. The van der Waals surface area contributed by atoms with Crippen LogP contribution in [0.3, 0.4) is 0 Å². The lowest BCUT2D eigenvalue weighted by Gasteiger charge is -2.19. The molecule has 1 heterocycles. The van der Waals surface area contributed by atoms with E-state index >= 15 is 0 Å². The summed E-state index contributed by atoms with van der Waals surface area (Å²) in [5, 5.41) is 0. The number of nitrogen functional groups attached to an aromatic ring is 1. The van der Waals surface area contributed by atoms with Gasteiger partial charge in [-0.05, 0) is 30.8 Å². The van der Waals surface area contributed by atoms with Crippen molar-refractivity contribution in [1.29, 1.82) is 0 Å². The summed E-state index contributed by atoms with van der Waals surface area (Å²) in [5.74, 6) is 1.03. The summed E-state index contributed by atoms with van der Waals surface area (Å²) in [7, 11) is 1.89. The van der Waals surface area contributed by atoms with Crippen LogP contribution in [0.1, 0.15) is 11.1 Å². The molecule has 0 spiro atoms. The number of ether oxygens (including phenoxy) is 3. The van der Waals surface area contributed by atoms with Gasteiger partial charge in [0, 0.05) is 30.4 Å². The van der Waals surface area contributed by atoms with E-state index in [-0.39, 0.29) is 24.9 Å². The van der Waals surface area contributed by atoms with Crippen LogP contribution in [-0.4, -0.2) is 25.4 Å². The van der Waals surface area contributed by atoms with Gasteiger partial charge in [0.05, 0.1) is 0 Å². The maximum Gasteiger partial charge on any atom is 0.387 e. The lowest BCUT2D eigenvalue weighted by Crippen LogP contribution is -2.18. The van der Waals surface area contributed by atoms with Crippen LogP contribution in [0.15, 0.2) is 36.4 Å². The van der Waals surface area contributed by atoms with Gasteiger partial charge in [0.1, 0.15) is 5.75 Å². The molecule has 0 saturated carbocycles. The van der Waals surface area contributed by atoms with Gasteiger partial charge in [-0.2, -0.15) is 8.78 Å². The smallest absolute Gasteiger partial charge is 0.387 e. The molecule has 0 aliphatic carbocycles. The fourth-order valence-corrected chi connectivity index (χ4v) is 2.64. The molecule has 1 aliphatic rings. The van der Waals surface area contributed by atoms with Crippen LogP contribution in [0.4, 0.5) is 14.5 Å². The molecule has 136 valence electrons. The Bertz CT molecular complexity index is 731. The van der Waals surface area contributed by atoms with E-state index in [2.05, 4.69) is 4.74 Å². The van der Waals surface area contributed by atoms with Gasteiger partial charge in [-0.15, -0.1) is 12.4 Å². The summed E-state index contributed by atoms with van der Waals surface area (Å²) in [4.78, 5) is 1.98. The maximum atomic E-state index is 12.7. The van der Waals surface area contributed by atoms with E-state index in [9.17, 15) is 8.78 Å². The summed E-state index contributed by atoms with van der Waals surface area (Å²) >= 11 is 0. The van der Waals surface area contributed by atoms with Crippen molar-refractivity contribution >= 4 is 18.1 Å². The SMILES string of the molecule is CN(Cc1cccc(N)c1)Cc1cc2c(cc1OC(F)F)OCO2.Cl. The highest BCUT2D eigenvalue weighted by atomic mass is 35.5. The van der Waals surface area contributed by atoms with Crippen LogP contribution in [0.5, 0.6) is 17.2 Å². The van der Waals surface area contributed by atoms with E-state index in [0.717, 1.165) is 5.56 Å². The second-order valence-electron chi connectivity index (χ2n) is 5.61. The first-order valence-corrected chi connectivity index (χ1v) is 7.41. The third-order valence-corrected chi connectivity index (χ3v) is 3.62. The van der Waals surface area contributed by atoms with E-state index in [4.69, 9.17) is 15.2 Å². The van der Waals surface area contributed by atoms with Gasteiger partial charge in [-0.3, -0.25) is 4.90 Å². The first-order valence-electron chi connectivity index (χ1n) is 7.41. The molecule has 8 heteroatoms. The molecule has 25 heavy (non-hydrogen) atoms. The summed E-state index contributed by atoms with van der Waals surface area (Å²) < 4.78 is 40.5. The minimum Gasteiger partial charge on any atom is -0.454 e. The Morgan fingerprint density at radius 1 is 1.16 bits per heavy atom. The van der Waals surface area contributed by atoms with Gasteiger partial charge in [0.15, 0.2) is 11.5 Å². The lowest BCUT2D eigenvalue weighted by atomic mass is 10.1. The fraction of sp³-hybridized carbons (Fsp3) is 0.294. The second kappa shape index (κ2) is 8.22. The quantitative estimate of drug-likeness (QED) is 0.784. The normalized spacial score (nSPS) is 12.4. The first-order chi connectivity index (χ1) is 11.5. The molecule has 5 nitrogen and oxygen atoms in total. The van der Waals surface area contributed by atoms with Crippen LogP contribution in [-0.2, 0) is 13.1 Å². The molecule has 1 aliphatic heterocycles. The van der Waals surface area contributed by atoms with Crippen molar-refractivity contribution in [2.45, 2.75) is 19.7 Å². The van der Waals surface area contributed by atoms with Crippen molar-refractivity contribution in [3.8, 4) is 17.2 Å². The fourth-order valence-electron chi connectivity index (χ4n) is 2.64. The number of nitrogens with zero attached hydrogens (tertiary/aromatic N) is 1. The molecule has 0 atom stereocenters. The topological polar surface area (TPSA) is 57.0 Å². The number of hydrogen-bond acceptors (Lipinski definition) is 5. The molecular weight excluding hydrogens is 354 g/mol. The van der Waals surface area contributed by atoms with Gasteiger partial charge in [-0.25, -0.2) is 0 Å². The number of fused-ring (bicyclic) bond motifs is 1. The van der Waals surface area contributed by atoms with Crippen LogP contribution < -0.4 is 19.9 Å². The minimum absolute atomic E-state index is 0. The third kappa shape index (κ3) is 4.87. The molecule has 3 rings (SSSR count). The van der Waals surface area contributed by atoms with Gasteiger partial charge in [-0.1, -0.05) is 12.1 Å². The van der Waals surface area contributed by atoms with Crippen molar-refractivity contribution in [1.82, 2.24) is 4.90 Å². The number of nitrogens with two attached hydrogens (primary N) is 1. The van der Waals surface area contributed by atoms with Crippen LogP contribution >= 0.6 is 12.4 Å². The maximum absolute atomic E-state index is 12.7. The molecule has 0 saturated heterocycles. The number of halogens is 3. The van der Waals surface area contributed by atoms with Crippen molar-refractivity contribution in [2.75, 3.05) is 19.6 Å². The largest absolute Gasteiger partial charge is 0.454 e. The molecule has 0 radical (unpaired) electrons. The number of benzene rings is 2. The number of rotatable bonds is 6. The van der Waals surface area contributed by atoms with E-state index in [1.807, 2.05) is 36.2 Å². The highest BCUT2D eigenvalue weighted by Crippen LogP contribution is 2.39. The predicted molar refractivity (Wildman–Crippen MR) is 92.5 cm³/mol. The highest BCUT2D eigenvalue weighted by molar-refractivity contribution is 5.85. The number of anilines is 1. The highest BCUT2D eigenvalue weighted by Gasteiger charge is 2.20. The van der Waals surface area contributed by atoms with Gasteiger partial charge in [0.25, 0.3) is 0 Å². The molecule has 2 aromatic rings. The summed E-state index contributed by atoms with van der Waals surface area (Å²) in [6, 6.07) is 10.7. The van der Waals surface area contributed by atoms with Crippen molar-refractivity contribution < 1.29 is 23.0 Å². The Labute approximate surface area is 150 Å². The van der Waals surface area contributed by atoms with Gasteiger partial charge < -0.3 is 19.9 Å². The van der Waals surface area contributed by atoms with E-state index in [0.29, 0.717) is 35.8 Å². The second-order valence-corrected chi connectivity index (χ2v) is 5.61. The molecular formula is C17H19ClF2N2O3. The zero-order valence-electron chi connectivity index (χ0n) is 13.6. The average Bonchev–Trinajstić information content (AvgIpc) is 2.94. The standard InChI is InChI=1S/C17H18F2N2O3.ClH/c1-21(8-11-3-2-4-13(20)5-11)9-12-6-15-16(23-10-22-15)7-14(12)24-17(18)19;/h2-7,17H,8-10,20H2,1H3;1H. The third-order valence-electron chi connectivity index (χ3n) is 3.62. The molecule has 0 amide bonds. The van der Waals surface area contributed by atoms with Crippen LogP contribution in [0.2, 0.25) is 0 Å². The van der Waals surface area contributed by atoms with Crippen LogP contribution in [0, 0.1) is 0 Å². The Kier molecular flexibility index (Phi) is 6.27. The molecule has 0 bridgehead atoms. The number of alkyl halides is 2. The van der Waals surface area contributed by atoms with Crippen LogP contribution in [0.25, 0.3) is 0 Å². The monoisotopic (exact) mass is 372 g/mol. The summed E-state index contributed by atoms with van der Waals surface area (Å²) in [5.41, 5.74) is 8.10. The summed E-state index contributed by atoms with van der Waals surface area (Å²) in [6.45, 7) is -1.80. The average molecular weight is 373 g/mol. The zero-order chi connectivity index (χ0) is 17.1. The Morgan fingerprint density at radius 2 is 1.88 bits per heavy atom. The molecule has 0 unspecified atom stereocenters. The minimum atomic E-state index is -2.90. The predicted octanol–water partition coefficient (Wildman–Crippen LogP) is 3.65. The van der Waals surface area contributed by atoms with Gasteiger partial charge in [0.2, 0.25) is 6.79 Å². The van der Waals surface area contributed by atoms with Crippen molar-refractivity contribution in [2.24, 2.45) is 0 Å². The van der Waals surface area contributed by atoms with E-state index in [1.165, 1.54) is 6.07 Å². The van der Waals surface area contributed by atoms with E-state index in [1.54, 1.807) is 6.07 Å². The van der Waals surface area contributed by atoms with E-state index < -0.39 is 6.61 Å². The number of hydrogen-bond donors (Lipinski definition) is 1. The van der Waals surface area contributed by atoms with Crippen molar-refractivity contribution in [3.05, 3.63) is 47.5 Å². The summed E-state index contributed by atoms with van der Waals surface area (Å²) in [6.07, 6.45) is 0. The Hall–Kier alpha value is -2.25. The first kappa shape index (κ1) is 19.1. The Balaban J connectivity index is 0.00000225. The molecule has 2 aromatic carbocycles. The van der Waals surface area contributed by atoms with Gasteiger partial charge >= 0.3 is 6.61 Å². The molecule has 0 fully saturated rings. The molecule has 0 aromatic heterocycles. The zero-order valence-corrected chi connectivity index (χ0v) is 14.4.